The van der Waals surface area contributed by atoms with E-state index in [1.807, 2.05) is 0 Å². The Hall–Kier alpha value is -3.86. The molecule has 35 heavy (non-hydrogen) atoms. The maximum Gasteiger partial charge on any atom is 0.276 e. The van der Waals surface area contributed by atoms with Crippen LogP contribution in [0, 0.1) is 19.7 Å². The SMILES string of the molecule is Cc1[nH]c(/C=N/N=C2\C(=O)Nc3ccc(F)cc32)c(C)c1C(=O)NCCCCCCCC(=O)NO. The highest BCUT2D eigenvalue weighted by molar-refractivity contribution is 6.53. The molecule has 0 atom stereocenters. The average Bonchev–Trinajstić information content (AvgIpc) is 3.29. The Bertz CT molecular complexity index is 1170. The molecule has 0 saturated carbocycles. The summed E-state index contributed by atoms with van der Waals surface area (Å²) in [7, 11) is 0. The summed E-state index contributed by atoms with van der Waals surface area (Å²) in [6, 6.07) is 3.95. The molecule has 3 amide bonds. The number of nitrogens with zero attached hydrogens (tertiary/aromatic N) is 2. The van der Waals surface area contributed by atoms with E-state index in [4.69, 9.17) is 5.21 Å². The van der Waals surface area contributed by atoms with Crippen LogP contribution in [0.4, 0.5) is 10.1 Å². The Kier molecular flexibility index (Phi) is 8.85. The molecule has 2 heterocycles. The Morgan fingerprint density at radius 1 is 1.14 bits per heavy atom. The number of fused-ring (bicyclic) bond motifs is 1. The monoisotopic (exact) mass is 484 g/mol. The number of rotatable bonds is 11. The summed E-state index contributed by atoms with van der Waals surface area (Å²) in [6.07, 6.45) is 6.00. The van der Waals surface area contributed by atoms with Crippen LogP contribution < -0.4 is 16.1 Å². The molecule has 0 bridgehead atoms. The predicted octanol–water partition coefficient (Wildman–Crippen LogP) is 3.12. The molecule has 1 aromatic heterocycles. The molecule has 0 radical (unpaired) electrons. The first-order chi connectivity index (χ1) is 16.8. The second kappa shape index (κ2) is 12.0. The molecule has 10 nitrogen and oxygen atoms in total. The number of hydroxylamine groups is 1. The van der Waals surface area contributed by atoms with Crippen LogP contribution in [0.25, 0.3) is 0 Å². The molecule has 1 aliphatic rings. The van der Waals surface area contributed by atoms with Crippen molar-refractivity contribution in [2.75, 3.05) is 11.9 Å². The number of aromatic amines is 1. The van der Waals surface area contributed by atoms with E-state index < -0.39 is 11.7 Å². The molecule has 0 unspecified atom stereocenters. The highest BCUT2D eigenvalue weighted by atomic mass is 19.1. The number of aromatic nitrogens is 1. The number of halogens is 1. The van der Waals surface area contributed by atoms with Gasteiger partial charge in [0.25, 0.3) is 11.8 Å². The van der Waals surface area contributed by atoms with Gasteiger partial charge in [-0.15, -0.1) is 5.10 Å². The minimum absolute atomic E-state index is 0.0197. The molecule has 0 aliphatic carbocycles. The van der Waals surface area contributed by atoms with E-state index in [1.165, 1.54) is 24.4 Å². The van der Waals surface area contributed by atoms with E-state index in [9.17, 15) is 18.8 Å². The standard InChI is InChI=1S/C24H29FN6O4/c1-14-19(13-27-30-22-17-12-16(25)9-10-18(17)29-24(22)34)28-15(2)21(14)23(33)26-11-7-5-3-4-6-8-20(32)31-35/h9-10,12-13,28,35H,3-8,11H2,1-2H3,(H,26,33)(H,31,32)(H,29,30,34)/b27-13+. The van der Waals surface area contributed by atoms with Gasteiger partial charge >= 0.3 is 0 Å². The van der Waals surface area contributed by atoms with E-state index in [-0.39, 0.29) is 17.5 Å². The lowest BCUT2D eigenvalue weighted by molar-refractivity contribution is -0.129. The number of unbranched alkanes of at least 4 members (excludes halogenated alkanes) is 4. The molecular formula is C24H29FN6O4. The number of benzene rings is 1. The van der Waals surface area contributed by atoms with Crippen molar-refractivity contribution in [2.24, 2.45) is 10.2 Å². The summed E-state index contributed by atoms with van der Waals surface area (Å²) < 4.78 is 13.5. The first kappa shape index (κ1) is 25.8. The second-order valence-corrected chi connectivity index (χ2v) is 8.31. The molecule has 1 aromatic carbocycles. The van der Waals surface area contributed by atoms with Crippen LogP contribution in [0.3, 0.4) is 0 Å². The second-order valence-electron chi connectivity index (χ2n) is 8.31. The van der Waals surface area contributed by atoms with Crippen LogP contribution in [0.5, 0.6) is 0 Å². The third kappa shape index (κ3) is 6.60. The van der Waals surface area contributed by atoms with Gasteiger partial charge in [-0.25, -0.2) is 9.87 Å². The van der Waals surface area contributed by atoms with E-state index >= 15 is 0 Å². The van der Waals surface area contributed by atoms with Gasteiger partial charge in [0.05, 0.1) is 23.2 Å². The van der Waals surface area contributed by atoms with Crippen LogP contribution in [0.2, 0.25) is 0 Å². The lowest BCUT2D eigenvalue weighted by atomic mass is 10.1. The molecular weight excluding hydrogens is 455 g/mol. The number of nitrogens with one attached hydrogen (secondary N) is 4. The zero-order chi connectivity index (χ0) is 25.4. The fraction of sp³-hybridized carbons (Fsp3) is 0.375. The minimum atomic E-state index is -0.476. The number of carbonyl (C=O) groups excluding carboxylic acids is 3. The van der Waals surface area contributed by atoms with Gasteiger partial charge in [-0.3, -0.25) is 19.6 Å². The smallest absolute Gasteiger partial charge is 0.276 e. The maximum absolute atomic E-state index is 13.5. The third-order valence-corrected chi connectivity index (χ3v) is 5.74. The Morgan fingerprint density at radius 2 is 1.89 bits per heavy atom. The normalized spacial score (nSPS) is 13.8. The van der Waals surface area contributed by atoms with Crippen molar-refractivity contribution in [3.63, 3.8) is 0 Å². The topological polar surface area (TPSA) is 148 Å². The van der Waals surface area contributed by atoms with Gasteiger partial charge in [0, 0.05) is 24.2 Å². The van der Waals surface area contributed by atoms with Crippen molar-refractivity contribution in [3.8, 4) is 0 Å². The highest BCUT2D eigenvalue weighted by Crippen LogP contribution is 2.24. The third-order valence-electron chi connectivity index (χ3n) is 5.74. The van der Waals surface area contributed by atoms with Gasteiger partial charge < -0.3 is 15.6 Å². The lowest BCUT2D eigenvalue weighted by Crippen LogP contribution is -2.25. The van der Waals surface area contributed by atoms with Crippen molar-refractivity contribution in [2.45, 2.75) is 52.4 Å². The highest BCUT2D eigenvalue weighted by Gasteiger charge is 2.26. The zero-order valence-electron chi connectivity index (χ0n) is 19.7. The fourth-order valence-corrected chi connectivity index (χ4v) is 3.90. The van der Waals surface area contributed by atoms with Gasteiger partial charge in [-0.05, 0) is 50.5 Å². The molecule has 186 valence electrons. The molecule has 2 aromatic rings. The summed E-state index contributed by atoms with van der Waals surface area (Å²) in [4.78, 5) is 38.8. The van der Waals surface area contributed by atoms with Crippen LogP contribution in [0.1, 0.15) is 71.4 Å². The summed E-state index contributed by atoms with van der Waals surface area (Å²) in [6.45, 7) is 4.11. The number of hydrogen-bond donors (Lipinski definition) is 5. The van der Waals surface area contributed by atoms with Crippen LogP contribution in [-0.4, -0.2) is 46.4 Å². The van der Waals surface area contributed by atoms with Gasteiger partial charge in [0.2, 0.25) is 5.91 Å². The first-order valence-corrected chi connectivity index (χ1v) is 11.4. The van der Waals surface area contributed by atoms with Crippen LogP contribution in [-0.2, 0) is 9.59 Å². The molecule has 11 heteroatoms. The largest absolute Gasteiger partial charge is 0.357 e. The summed E-state index contributed by atoms with van der Waals surface area (Å²) in [5.74, 6) is -1.51. The van der Waals surface area contributed by atoms with E-state index in [0.29, 0.717) is 53.2 Å². The first-order valence-electron chi connectivity index (χ1n) is 11.4. The number of hydrogen-bond acceptors (Lipinski definition) is 6. The zero-order valence-corrected chi connectivity index (χ0v) is 19.7. The summed E-state index contributed by atoms with van der Waals surface area (Å²) >= 11 is 0. The van der Waals surface area contributed by atoms with Gasteiger partial charge in [0.15, 0.2) is 5.71 Å². The minimum Gasteiger partial charge on any atom is -0.357 e. The molecule has 0 spiro atoms. The molecule has 0 saturated heterocycles. The maximum atomic E-state index is 13.5. The van der Waals surface area contributed by atoms with E-state index in [2.05, 4.69) is 25.8 Å². The number of aryl methyl sites for hydroxylation is 1. The molecule has 3 rings (SSSR count). The molecule has 5 N–H and O–H groups in total. The Balaban J connectivity index is 1.53. The average molecular weight is 485 g/mol. The Morgan fingerprint density at radius 3 is 2.66 bits per heavy atom. The summed E-state index contributed by atoms with van der Waals surface area (Å²) in [5, 5.41) is 21.9. The van der Waals surface area contributed by atoms with E-state index in [0.717, 1.165) is 25.7 Å². The van der Waals surface area contributed by atoms with Crippen molar-refractivity contribution in [1.29, 1.82) is 0 Å². The van der Waals surface area contributed by atoms with Crippen LogP contribution >= 0.6 is 0 Å². The van der Waals surface area contributed by atoms with Gasteiger partial charge in [0.1, 0.15) is 5.82 Å². The van der Waals surface area contributed by atoms with Crippen molar-refractivity contribution in [1.82, 2.24) is 15.8 Å². The quantitative estimate of drug-likeness (QED) is 0.144. The number of anilines is 1. The number of amides is 3. The van der Waals surface area contributed by atoms with Crippen molar-refractivity contribution >= 4 is 35.3 Å². The van der Waals surface area contributed by atoms with E-state index in [1.54, 1.807) is 19.3 Å². The summed E-state index contributed by atoms with van der Waals surface area (Å²) in [5.41, 5.74) is 4.96. The fourth-order valence-electron chi connectivity index (χ4n) is 3.90. The predicted molar refractivity (Wildman–Crippen MR) is 129 cm³/mol. The number of H-pyrrole nitrogens is 1. The van der Waals surface area contributed by atoms with Crippen molar-refractivity contribution in [3.05, 3.63) is 52.1 Å². The number of carbonyl (C=O) groups is 3. The van der Waals surface area contributed by atoms with Gasteiger partial charge in [-0.1, -0.05) is 19.3 Å². The molecule has 1 aliphatic heterocycles. The molecule has 0 fully saturated rings. The van der Waals surface area contributed by atoms with Crippen LogP contribution in [0.15, 0.2) is 28.4 Å². The Labute approximate surface area is 202 Å². The van der Waals surface area contributed by atoms with Gasteiger partial charge in [-0.2, -0.15) is 5.10 Å². The van der Waals surface area contributed by atoms with Crippen molar-refractivity contribution < 1.29 is 24.0 Å². The lowest BCUT2D eigenvalue weighted by Gasteiger charge is -2.06.